The molecule has 0 radical (unpaired) electrons. The zero-order valence-electron chi connectivity index (χ0n) is 12.6. The highest BCUT2D eigenvalue weighted by Gasteiger charge is 2.22. The first kappa shape index (κ1) is 15.7. The maximum atomic E-state index is 11.9. The minimum atomic E-state index is -0.357. The number of nitrogens with zero attached hydrogens (tertiary/aromatic N) is 3. The van der Waals surface area contributed by atoms with Gasteiger partial charge >= 0.3 is 5.97 Å². The molecule has 2 rings (SSSR count). The molecule has 114 valence electrons. The number of carbonyl (C=O) groups excluding carboxylic acids is 1. The summed E-state index contributed by atoms with van der Waals surface area (Å²) in [6.07, 6.45) is 0. The molecule has 0 fully saturated rings. The number of ether oxygens (including phenoxy) is 1. The molecule has 2 heterocycles. The second kappa shape index (κ2) is 6.36. The molecule has 1 N–H and O–H groups in total. The van der Waals surface area contributed by atoms with E-state index in [2.05, 4.69) is 9.97 Å². The fourth-order valence-electron chi connectivity index (χ4n) is 2.27. The lowest BCUT2D eigenvalue weighted by Gasteiger charge is -2.22. The van der Waals surface area contributed by atoms with Crippen molar-refractivity contribution < 1.29 is 14.6 Å². The number of thiophene rings is 1. The van der Waals surface area contributed by atoms with Crippen LogP contribution < -0.4 is 4.90 Å². The molecule has 2 aromatic heterocycles. The highest BCUT2D eigenvalue weighted by atomic mass is 32.1. The molecule has 0 aliphatic heterocycles. The normalized spacial score (nSPS) is 10.9. The van der Waals surface area contributed by atoms with Crippen molar-refractivity contribution in [2.45, 2.75) is 20.8 Å². The monoisotopic (exact) mass is 309 g/mol. The molecule has 0 aliphatic rings. The topological polar surface area (TPSA) is 75.5 Å². The molecule has 0 saturated heterocycles. The quantitative estimate of drug-likeness (QED) is 0.850. The molecule has 0 aromatic carbocycles. The number of aromatic nitrogens is 2. The fourth-order valence-corrected chi connectivity index (χ4v) is 3.41. The van der Waals surface area contributed by atoms with Crippen molar-refractivity contribution in [3.63, 3.8) is 0 Å². The Kier molecular flexibility index (Phi) is 4.74. The summed E-state index contributed by atoms with van der Waals surface area (Å²) in [5, 5.41) is 10.1. The van der Waals surface area contributed by atoms with Crippen LogP contribution in [0.2, 0.25) is 0 Å². The summed E-state index contributed by atoms with van der Waals surface area (Å²) in [6.45, 7) is 6.95. The van der Waals surface area contributed by atoms with E-state index in [1.165, 1.54) is 18.4 Å². The summed E-state index contributed by atoms with van der Waals surface area (Å²) < 4.78 is 4.82. The number of aliphatic hydroxyl groups is 1. The van der Waals surface area contributed by atoms with Crippen LogP contribution in [0.5, 0.6) is 0 Å². The zero-order chi connectivity index (χ0) is 15.6. The van der Waals surface area contributed by atoms with E-state index in [9.17, 15) is 9.90 Å². The van der Waals surface area contributed by atoms with E-state index in [-0.39, 0.29) is 12.6 Å². The van der Waals surface area contributed by atoms with Crippen LogP contribution in [0.3, 0.4) is 0 Å². The van der Waals surface area contributed by atoms with Crippen LogP contribution in [0.25, 0.3) is 10.2 Å². The van der Waals surface area contributed by atoms with Crippen molar-refractivity contribution in [3.8, 4) is 0 Å². The summed E-state index contributed by atoms with van der Waals surface area (Å²) in [5.41, 5.74) is 0.827. The maximum Gasteiger partial charge on any atom is 0.348 e. The summed E-state index contributed by atoms with van der Waals surface area (Å²) in [6, 6.07) is 0. The van der Waals surface area contributed by atoms with Gasteiger partial charge in [-0.05, 0) is 26.3 Å². The number of likely N-dealkylation sites (N-methyl/N-ethyl adjacent to an activating group) is 1. The number of hydrogen-bond acceptors (Lipinski definition) is 7. The van der Waals surface area contributed by atoms with Gasteiger partial charge in [0.25, 0.3) is 0 Å². The second-order valence-corrected chi connectivity index (χ2v) is 5.62. The molecule has 7 heteroatoms. The standard InChI is InChI=1S/C14H19N3O3S/c1-5-17(6-7-18)12-10-8(2)11(14(19)20-4)21-13(10)16-9(3)15-12/h18H,5-7H2,1-4H3. The van der Waals surface area contributed by atoms with Crippen LogP contribution in [-0.4, -0.2) is 47.8 Å². The minimum Gasteiger partial charge on any atom is -0.465 e. The number of fused-ring (bicyclic) bond motifs is 1. The molecule has 0 spiro atoms. The number of hydrogen-bond donors (Lipinski definition) is 1. The van der Waals surface area contributed by atoms with Crippen molar-refractivity contribution in [1.29, 1.82) is 0 Å². The number of aryl methyl sites for hydroxylation is 2. The van der Waals surface area contributed by atoms with E-state index >= 15 is 0 Å². The zero-order valence-corrected chi connectivity index (χ0v) is 13.5. The number of esters is 1. The number of anilines is 1. The average molecular weight is 309 g/mol. The van der Waals surface area contributed by atoms with Crippen molar-refractivity contribution in [1.82, 2.24) is 9.97 Å². The lowest BCUT2D eigenvalue weighted by atomic mass is 10.2. The van der Waals surface area contributed by atoms with Crippen LogP contribution in [0, 0.1) is 13.8 Å². The van der Waals surface area contributed by atoms with Crippen LogP contribution in [0.4, 0.5) is 5.82 Å². The van der Waals surface area contributed by atoms with Crippen molar-refractivity contribution >= 4 is 33.3 Å². The van der Waals surface area contributed by atoms with E-state index in [1.807, 2.05) is 25.7 Å². The molecule has 0 amide bonds. The Morgan fingerprint density at radius 2 is 2.10 bits per heavy atom. The lowest BCUT2D eigenvalue weighted by Crippen LogP contribution is -2.27. The summed E-state index contributed by atoms with van der Waals surface area (Å²) in [5.74, 6) is 1.05. The van der Waals surface area contributed by atoms with Gasteiger partial charge in [-0.15, -0.1) is 11.3 Å². The summed E-state index contributed by atoms with van der Waals surface area (Å²) in [7, 11) is 1.37. The molecule has 0 aliphatic carbocycles. The number of methoxy groups -OCH3 is 1. The van der Waals surface area contributed by atoms with Gasteiger partial charge < -0.3 is 14.7 Å². The molecule has 0 atom stereocenters. The van der Waals surface area contributed by atoms with Gasteiger partial charge in [0, 0.05) is 13.1 Å². The van der Waals surface area contributed by atoms with E-state index in [4.69, 9.17) is 4.74 Å². The van der Waals surface area contributed by atoms with E-state index in [0.29, 0.717) is 17.2 Å². The second-order valence-electron chi connectivity index (χ2n) is 4.63. The molecule has 0 saturated carbocycles. The minimum absolute atomic E-state index is 0.0471. The average Bonchev–Trinajstić information content (AvgIpc) is 2.80. The fraction of sp³-hybridized carbons (Fsp3) is 0.500. The molecular formula is C14H19N3O3S. The predicted octanol–water partition coefficient (Wildman–Crippen LogP) is 1.91. The van der Waals surface area contributed by atoms with Crippen molar-refractivity contribution in [3.05, 3.63) is 16.3 Å². The number of rotatable bonds is 5. The smallest absolute Gasteiger partial charge is 0.348 e. The van der Waals surface area contributed by atoms with Crippen LogP contribution in [0.15, 0.2) is 0 Å². The Hall–Kier alpha value is -1.73. The van der Waals surface area contributed by atoms with Crippen LogP contribution in [-0.2, 0) is 4.74 Å². The molecule has 2 aromatic rings. The Morgan fingerprint density at radius 3 is 2.67 bits per heavy atom. The Bertz CT molecular complexity index is 669. The molecule has 21 heavy (non-hydrogen) atoms. The van der Waals surface area contributed by atoms with Gasteiger partial charge in [-0.25, -0.2) is 14.8 Å². The number of aliphatic hydroxyl groups excluding tert-OH is 1. The first-order chi connectivity index (χ1) is 10.0. The summed E-state index contributed by atoms with van der Waals surface area (Å²) >= 11 is 1.32. The third-order valence-corrected chi connectivity index (χ3v) is 4.47. The molecule has 0 bridgehead atoms. The largest absolute Gasteiger partial charge is 0.465 e. The van der Waals surface area contributed by atoms with Gasteiger partial charge in [0.15, 0.2) is 0 Å². The lowest BCUT2D eigenvalue weighted by molar-refractivity contribution is 0.0605. The Labute approximate surface area is 127 Å². The van der Waals surface area contributed by atoms with E-state index in [0.717, 1.165) is 28.1 Å². The first-order valence-corrected chi connectivity index (χ1v) is 7.57. The summed E-state index contributed by atoms with van der Waals surface area (Å²) in [4.78, 5) is 24.1. The number of carbonyl (C=O) groups is 1. The van der Waals surface area contributed by atoms with Crippen LogP contribution in [0.1, 0.15) is 28.0 Å². The van der Waals surface area contributed by atoms with Crippen LogP contribution >= 0.6 is 11.3 Å². The highest BCUT2D eigenvalue weighted by Crippen LogP contribution is 2.35. The van der Waals surface area contributed by atoms with Gasteiger partial charge in [-0.2, -0.15) is 0 Å². The van der Waals surface area contributed by atoms with Gasteiger partial charge in [-0.3, -0.25) is 0 Å². The molecule has 6 nitrogen and oxygen atoms in total. The SMILES string of the molecule is CCN(CCO)c1nc(C)nc2sc(C(=O)OC)c(C)c12. The maximum absolute atomic E-state index is 11.9. The predicted molar refractivity (Wildman–Crippen MR) is 83.2 cm³/mol. The first-order valence-electron chi connectivity index (χ1n) is 6.75. The van der Waals surface area contributed by atoms with Crippen molar-refractivity contribution in [2.75, 3.05) is 31.7 Å². The Balaban J connectivity index is 2.69. The van der Waals surface area contributed by atoms with Gasteiger partial charge in [-0.1, -0.05) is 0 Å². The van der Waals surface area contributed by atoms with Gasteiger partial charge in [0.1, 0.15) is 21.3 Å². The van der Waals surface area contributed by atoms with Gasteiger partial charge in [0.2, 0.25) is 0 Å². The Morgan fingerprint density at radius 1 is 1.38 bits per heavy atom. The van der Waals surface area contributed by atoms with E-state index < -0.39 is 0 Å². The van der Waals surface area contributed by atoms with E-state index in [1.54, 1.807) is 0 Å². The van der Waals surface area contributed by atoms with Crippen molar-refractivity contribution in [2.24, 2.45) is 0 Å². The third kappa shape index (κ3) is 2.84. The third-order valence-electron chi connectivity index (χ3n) is 3.30. The highest BCUT2D eigenvalue weighted by molar-refractivity contribution is 7.20. The molecule has 0 unspecified atom stereocenters. The molecular weight excluding hydrogens is 290 g/mol. The van der Waals surface area contributed by atoms with Gasteiger partial charge in [0.05, 0.1) is 19.1 Å².